The molecule has 0 aliphatic heterocycles. The van der Waals surface area contributed by atoms with E-state index in [9.17, 15) is 4.21 Å². The molecule has 4 heteroatoms. The van der Waals surface area contributed by atoms with E-state index in [0.29, 0.717) is 13.2 Å². The van der Waals surface area contributed by atoms with Crippen LogP contribution in [0.15, 0.2) is 34.7 Å². The van der Waals surface area contributed by atoms with Gasteiger partial charge in [0.25, 0.3) is 0 Å². The van der Waals surface area contributed by atoms with E-state index in [-0.39, 0.29) is 4.75 Å². The number of hydrogen-bond acceptors (Lipinski definition) is 2. The average Bonchev–Trinajstić information content (AvgIpc) is 2.28. The zero-order valence-electron chi connectivity index (χ0n) is 10.6. The van der Waals surface area contributed by atoms with E-state index < -0.39 is 11.0 Å². The minimum Gasteiger partial charge on any atom is -0.371 e. The van der Waals surface area contributed by atoms with E-state index in [4.69, 9.17) is 4.74 Å². The third-order valence-electron chi connectivity index (χ3n) is 2.00. The van der Waals surface area contributed by atoms with Crippen LogP contribution in [0.1, 0.15) is 26.3 Å². The molecule has 0 saturated heterocycles. The molecule has 0 aliphatic carbocycles. The predicted octanol–water partition coefficient (Wildman–Crippen LogP) is 2.74. The smallest absolute Gasteiger partial charge is 0.144 e. The van der Waals surface area contributed by atoms with Crippen LogP contribution in [0.4, 0.5) is 0 Å². The fourth-order valence-electron chi connectivity index (χ4n) is 1.06. The largest absolute Gasteiger partial charge is 0.371 e. The van der Waals surface area contributed by atoms with Crippen molar-refractivity contribution in [2.45, 2.75) is 32.1 Å². The van der Waals surface area contributed by atoms with Gasteiger partial charge in [0.1, 0.15) is 11.0 Å². The fourth-order valence-corrected chi connectivity index (χ4v) is 1.57. The standard InChI is InChI=1S/C13H19NO2S/c1-13(2,3)17(15)14-9-10-16-11-12-7-5-4-6-8-12/h4-9H,10-11H2,1-3H3/t17-/m1/s1. The van der Waals surface area contributed by atoms with Crippen LogP contribution in [0.3, 0.4) is 0 Å². The van der Waals surface area contributed by atoms with Gasteiger partial charge >= 0.3 is 0 Å². The molecule has 0 fully saturated rings. The molecule has 0 amide bonds. The van der Waals surface area contributed by atoms with Gasteiger partial charge in [-0.3, -0.25) is 0 Å². The highest BCUT2D eigenvalue weighted by Gasteiger charge is 2.17. The highest BCUT2D eigenvalue weighted by Crippen LogP contribution is 2.11. The van der Waals surface area contributed by atoms with E-state index in [1.54, 1.807) is 6.21 Å². The lowest BCUT2D eigenvalue weighted by atomic mass is 10.2. The van der Waals surface area contributed by atoms with Gasteiger partial charge in [0.2, 0.25) is 0 Å². The molecule has 1 atom stereocenters. The van der Waals surface area contributed by atoms with Gasteiger partial charge in [-0.15, -0.1) is 0 Å². The van der Waals surface area contributed by atoms with Crippen LogP contribution in [-0.4, -0.2) is 21.8 Å². The molecule has 0 aromatic heterocycles. The van der Waals surface area contributed by atoms with Gasteiger partial charge in [0, 0.05) is 6.21 Å². The van der Waals surface area contributed by atoms with E-state index in [2.05, 4.69) is 4.40 Å². The van der Waals surface area contributed by atoms with Crippen molar-refractivity contribution in [3.05, 3.63) is 35.9 Å². The summed E-state index contributed by atoms with van der Waals surface area (Å²) < 4.78 is 20.6. The summed E-state index contributed by atoms with van der Waals surface area (Å²) in [4.78, 5) is 0. The van der Waals surface area contributed by atoms with Crippen LogP contribution in [0, 0.1) is 0 Å². The summed E-state index contributed by atoms with van der Waals surface area (Å²) in [5, 5.41) is 0. The lowest BCUT2D eigenvalue weighted by Crippen LogP contribution is -2.19. The quantitative estimate of drug-likeness (QED) is 0.598. The lowest BCUT2D eigenvalue weighted by Gasteiger charge is -2.12. The summed E-state index contributed by atoms with van der Waals surface area (Å²) in [6.07, 6.45) is 1.57. The van der Waals surface area contributed by atoms with Gasteiger partial charge < -0.3 is 4.74 Å². The molecule has 0 radical (unpaired) electrons. The summed E-state index contributed by atoms with van der Waals surface area (Å²) in [6, 6.07) is 9.93. The van der Waals surface area contributed by atoms with Crippen LogP contribution >= 0.6 is 0 Å². The van der Waals surface area contributed by atoms with Crippen LogP contribution in [0.2, 0.25) is 0 Å². The van der Waals surface area contributed by atoms with Crippen molar-refractivity contribution in [3.63, 3.8) is 0 Å². The van der Waals surface area contributed by atoms with Gasteiger partial charge in [-0.05, 0) is 26.3 Å². The molecular formula is C13H19NO2S. The Labute approximate surface area is 106 Å². The van der Waals surface area contributed by atoms with Crippen molar-refractivity contribution in [2.75, 3.05) is 6.61 Å². The van der Waals surface area contributed by atoms with E-state index in [1.165, 1.54) is 0 Å². The first-order valence-electron chi connectivity index (χ1n) is 5.56. The number of ether oxygens (including phenoxy) is 1. The summed E-state index contributed by atoms with van der Waals surface area (Å²) >= 11 is 0. The molecule has 17 heavy (non-hydrogen) atoms. The second kappa shape index (κ2) is 6.67. The van der Waals surface area contributed by atoms with Crippen molar-refractivity contribution >= 4 is 17.2 Å². The third kappa shape index (κ3) is 5.75. The average molecular weight is 253 g/mol. The van der Waals surface area contributed by atoms with Crippen molar-refractivity contribution in [1.82, 2.24) is 0 Å². The monoisotopic (exact) mass is 253 g/mol. The highest BCUT2D eigenvalue weighted by atomic mass is 32.2. The van der Waals surface area contributed by atoms with Gasteiger partial charge in [-0.25, -0.2) is 4.21 Å². The van der Waals surface area contributed by atoms with E-state index >= 15 is 0 Å². The Morgan fingerprint density at radius 1 is 1.29 bits per heavy atom. The SMILES string of the molecule is CC(C)(C)[S@@](=O)N=CCOCc1ccccc1. The number of hydrogen-bond donors (Lipinski definition) is 0. The van der Waals surface area contributed by atoms with E-state index in [1.807, 2.05) is 51.1 Å². The Hall–Kier alpha value is -1.00. The predicted molar refractivity (Wildman–Crippen MR) is 72.5 cm³/mol. The molecule has 1 rings (SSSR count). The first-order chi connectivity index (χ1) is 8.00. The van der Waals surface area contributed by atoms with Crippen LogP contribution in [-0.2, 0) is 22.3 Å². The minimum absolute atomic E-state index is 0.310. The van der Waals surface area contributed by atoms with Crippen molar-refractivity contribution < 1.29 is 8.95 Å². The maximum Gasteiger partial charge on any atom is 0.144 e. The molecule has 0 aliphatic rings. The Kier molecular flexibility index (Phi) is 5.51. The third-order valence-corrected chi connectivity index (χ3v) is 3.39. The van der Waals surface area contributed by atoms with Gasteiger partial charge in [-0.2, -0.15) is 4.40 Å². The molecule has 0 bridgehead atoms. The molecular weight excluding hydrogens is 234 g/mol. The molecule has 1 aromatic carbocycles. The summed E-state index contributed by atoms with van der Waals surface area (Å²) in [5.41, 5.74) is 1.12. The van der Waals surface area contributed by atoms with Crippen molar-refractivity contribution in [1.29, 1.82) is 0 Å². The summed E-state index contributed by atoms with van der Waals surface area (Å²) in [7, 11) is -1.20. The fraction of sp³-hybridized carbons (Fsp3) is 0.462. The second-order valence-corrected chi connectivity index (χ2v) is 6.58. The lowest BCUT2D eigenvalue weighted by molar-refractivity contribution is 0.160. The summed E-state index contributed by atoms with van der Waals surface area (Å²) in [5.74, 6) is 0. The first kappa shape index (κ1) is 14.1. The number of rotatable bonds is 5. The maximum absolute atomic E-state index is 11.6. The Balaban J connectivity index is 2.25. The topological polar surface area (TPSA) is 38.7 Å². The molecule has 0 spiro atoms. The minimum atomic E-state index is -1.20. The van der Waals surface area contributed by atoms with Crippen molar-refractivity contribution in [3.8, 4) is 0 Å². The molecule has 1 aromatic rings. The zero-order valence-corrected chi connectivity index (χ0v) is 11.4. The van der Waals surface area contributed by atoms with Gasteiger partial charge in [0.05, 0.1) is 18.0 Å². The summed E-state index contributed by atoms with van der Waals surface area (Å²) in [6.45, 7) is 6.62. The Morgan fingerprint density at radius 3 is 2.53 bits per heavy atom. The molecule has 3 nitrogen and oxygen atoms in total. The normalized spacial score (nSPS) is 14.1. The molecule has 0 heterocycles. The van der Waals surface area contributed by atoms with Crippen LogP contribution in [0.25, 0.3) is 0 Å². The molecule has 94 valence electrons. The van der Waals surface area contributed by atoms with E-state index in [0.717, 1.165) is 5.56 Å². The Morgan fingerprint density at radius 2 is 1.94 bits per heavy atom. The maximum atomic E-state index is 11.6. The van der Waals surface area contributed by atoms with Gasteiger partial charge in [0.15, 0.2) is 0 Å². The van der Waals surface area contributed by atoms with Crippen LogP contribution < -0.4 is 0 Å². The zero-order chi connectivity index (χ0) is 12.7. The Bertz CT molecular complexity index is 382. The molecule has 0 N–H and O–H groups in total. The van der Waals surface area contributed by atoms with Crippen molar-refractivity contribution in [2.24, 2.45) is 4.40 Å². The molecule has 0 unspecified atom stereocenters. The molecule has 0 saturated carbocycles. The number of nitrogens with zero attached hydrogens (tertiary/aromatic N) is 1. The first-order valence-corrected chi connectivity index (χ1v) is 6.67. The highest BCUT2D eigenvalue weighted by molar-refractivity contribution is 7.85. The van der Waals surface area contributed by atoms with Gasteiger partial charge in [-0.1, -0.05) is 30.3 Å². The second-order valence-electron chi connectivity index (χ2n) is 4.65. The number of benzene rings is 1. The van der Waals surface area contributed by atoms with Crippen LogP contribution in [0.5, 0.6) is 0 Å².